The van der Waals surface area contributed by atoms with Crippen molar-refractivity contribution in [3.05, 3.63) is 89.8 Å². The number of ether oxygens (including phenoxy) is 1. The molecule has 0 saturated heterocycles. The number of carboxylic acids is 1. The summed E-state index contributed by atoms with van der Waals surface area (Å²) in [7, 11) is -1.06. The summed E-state index contributed by atoms with van der Waals surface area (Å²) in [4.78, 5) is 39.4. The lowest BCUT2D eigenvalue weighted by Crippen LogP contribution is -2.47. The van der Waals surface area contributed by atoms with Crippen LogP contribution in [0.15, 0.2) is 77.7 Å². The molecule has 0 spiro atoms. The number of sulfone groups is 1. The van der Waals surface area contributed by atoms with Crippen molar-refractivity contribution in [1.29, 1.82) is 0 Å². The van der Waals surface area contributed by atoms with Crippen LogP contribution in [-0.2, 0) is 25.8 Å². The molecule has 10 nitrogen and oxygen atoms in total. The number of hydrogen-bond acceptors (Lipinski definition) is 7. The Morgan fingerprint density at radius 3 is 2.31 bits per heavy atom. The lowest BCUT2D eigenvalue weighted by atomic mass is 9.87. The van der Waals surface area contributed by atoms with Crippen molar-refractivity contribution < 1.29 is 50.2 Å². The number of alkyl halides is 3. The second-order valence-corrected chi connectivity index (χ2v) is 14.1. The van der Waals surface area contributed by atoms with Gasteiger partial charge in [0.15, 0.2) is 0 Å². The van der Waals surface area contributed by atoms with Crippen LogP contribution in [0.25, 0.3) is 11.1 Å². The summed E-state index contributed by atoms with van der Waals surface area (Å²) >= 11 is 0. The number of allylic oxidation sites excluding steroid dienone is 1. The number of benzene rings is 3. The fourth-order valence-electron chi connectivity index (χ4n) is 6.36. The van der Waals surface area contributed by atoms with E-state index in [0.29, 0.717) is 17.5 Å². The van der Waals surface area contributed by atoms with Crippen molar-refractivity contribution in [3.8, 4) is 16.9 Å². The van der Waals surface area contributed by atoms with Crippen molar-refractivity contribution in [2.24, 2.45) is 17.8 Å². The molecule has 3 aromatic rings. The fraction of sp³-hybridized carbons (Fsp3) is 0.324. The van der Waals surface area contributed by atoms with Gasteiger partial charge in [0.2, 0.25) is 5.91 Å². The maximum atomic E-state index is 15.3. The summed E-state index contributed by atoms with van der Waals surface area (Å²) < 4.78 is 83.7. The number of amides is 2. The first-order valence-corrected chi connectivity index (χ1v) is 16.6. The standard InChI is InChI=1S/C34H33F4N3O7S/c1-41(2)27(33(44)45)13-18-7-9-19(10-8-18)24-16-25(28(48-3)17-26(24)35)31(42)40-30-21-12-11-20(14-21)29(30)32(43)39-22-5-4-6-23(15-22)49(46,47)34(36,37)38/h4-12,15-17,20-21,27,29-30H,13-14H2,1-3H3,(H,39,43)(H,40,42)(H,44,45)/t20-,21+,27-,29+,30-/m1/s1. The number of likely N-dealkylation sites (N-methyl/N-ethyl adjacent to an activating group) is 1. The Morgan fingerprint density at radius 2 is 1.69 bits per heavy atom. The van der Waals surface area contributed by atoms with Crippen LogP contribution in [0.2, 0.25) is 0 Å². The van der Waals surface area contributed by atoms with E-state index < -0.39 is 61.8 Å². The number of carboxylic acid groups (broad SMARTS) is 1. The lowest BCUT2D eigenvalue weighted by Gasteiger charge is -2.28. The molecule has 49 heavy (non-hydrogen) atoms. The van der Waals surface area contributed by atoms with Gasteiger partial charge < -0.3 is 20.5 Å². The summed E-state index contributed by atoms with van der Waals surface area (Å²) in [6.45, 7) is 0. The number of hydrogen-bond donors (Lipinski definition) is 3. The lowest BCUT2D eigenvalue weighted by molar-refractivity contribution is -0.142. The van der Waals surface area contributed by atoms with Crippen molar-refractivity contribution in [3.63, 3.8) is 0 Å². The fourth-order valence-corrected chi connectivity index (χ4v) is 7.17. The Balaban J connectivity index is 1.37. The number of rotatable bonds is 11. The van der Waals surface area contributed by atoms with E-state index in [1.54, 1.807) is 43.3 Å². The second kappa shape index (κ2) is 13.6. The van der Waals surface area contributed by atoms with Crippen LogP contribution in [-0.4, -0.2) is 75.0 Å². The maximum absolute atomic E-state index is 15.3. The Morgan fingerprint density at radius 1 is 1.02 bits per heavy atom. The minimum absolute atomic E-state index is 0.0162. The Kier molecular flexibility index (Phi) is 9.89. The summed E-state index contributed by atoms with van der Waals surface area (Å²) in [5, 5.41) is 14.9. The zero-order valence-electron chi connectivity index (χ0n) is 26.5. The van der Waals surface area contributed by atoms with Gasteiger partial charge in [0, 0.05) is 23.4 Å². The molecule has 2 amide bonds. The Bertz CT molecular complexity index is 1910. The Hall–Kier alpha value is -4.76. The predicted octanol–water partition coefficient (Wildman–Crippen LogP) is 4.91. The van der Waals surface area contributed by atoms with E-state index in [4.69, 9.17) is 4.74 Å². The Labute approximate surface area is 279 Å². The first-order valence-electron chi connectivity index (χ1n) is 15.1. The smallest absolute Gasteiger partial charge is 0.496 e. The third-order valence-electron chi connectivity index (χ3n) is 8.91. The van der Waals surface area contributed by atoms with Gasteiger partial charge in [-0.1, -0.05) is 42.5 Å². The summed E-state index contributed by atoms with van der Waals surface area (Å²) in [5.74, 6) is -4.42. The normalized spacial score (nSPS) is 20.7. The van der Waals surface area contributed by atoms with Crippen molar-refractivity contribution >= 4 is 33.3 Å². The molecule has 5 rings (SSSR count). The molecular weight excluding hydrogens is 670 g/mol. The van der Waals surface area contributed by atoms with Crippen LogP contribution in [0.1, 0.15) is 22.3 Å². The monoisotopic (exact) mass is 703 g/mol. The number of aliphatic carboxylic acids is 1. The van der Waals surface area contributed by atoms with Gasteiger partial charge in [0.05, 0.1) is 23.5 Å². The molecular formula is C34H33F4N3O7S. The van der Waals surface area contributed by atoms with E-state index in [2.05, 4.69) is 10.6 Å². The molecule has 15 heteroatoms. The molecule has 5 atom stereocenters. The number of halogens is 4. The highest BCUT2D eigenvalue weighted by atomic mass is 32.2. The van der Waals surface area contributed by atoms with E-state index in [1.165, 1.54) is 19.2 Å². The van der Waals surface area contributed by atoms with Gasteiger partial charge in [0.25, 0.3) is 15.7 Å². The predicted molar refractivity (Wildman–Crippen MR) is 171 cm³/mol. The minimum atomic E-state index is -5.65. The van der Waals surface area contributed by atoms with Gasteiger partial charge in [0.1, 0.15) is 17.6 Å². The van der Waals surface area contributed by atoms with Gasteiger partial charge in [-0.15, -0.1) is 0 Å². The molecule has 3 N–H and O–H groups in total. The van der Waals surface area contributed by atoms with Crippen LogP contribution in [0.3, 0.4) is 0 Å². The third-order valence-corrected chi connectivity index (χ3v) is 10.4. The molecule has 0 heterocycles. The first kappa shape index (κ1) is 35.5. The van der Waals surface area contributed by atoms with Crippen LogP contribution in [0.5, 0.6) is 5.75 Å². The van der Waals surface area contributed by atoms with Crippen molar-refractivity contribution in [2.75, 3.05) is 26.5 Å². The molecule has 0 aromatic heterocycles. The van der Waals surface area contributed by atoms with Crippen LogP contribution in [0.4, 0.5) is 23.2 Å². The highest BCUT2D eigenvalue weighted by molar-refractivity contribution is 7.92. The molecule has 2 aliphatic rings. The summed E-state index contributed by atoms with van der Waals surface area (Å²) in [6.07, 6.45) is 4.40. The molecule has 2 aliphatic carbocycles. The van der Waals surface area contributed by atoms with E-state index in [0.717, 1.165) is 24.3 Å². The average molecular weight is 704 g/mol. The van der Waals surface area contributed by atoms with Gasteiger partial charge in [-0.25, -0.2) is 12.8 Å². The molecule has 2 bridgehead atoms. The number of carbonyl (C=O) groups is 3. The molecule has 0 radical (unpaired) electrons. The van der Waals surface area contributed by atoms with E-state index in [9.17, 15) is 41.1 Å². The number of methoxy groups -OCH3 is 1. The number of nitrogens with zero attached hydrogens (tertiary/aromatic N) is 1. The number of anilines is 1. The average Bonchev–Trinajstić information content (AvgIpc) is 3.65. The van der Waals surface area contributed by atoms with Crippen molar-refractivity contribution in [1.82, 2.24) is 10.2 Å². The first-order chi connectivity index (χ1) is 23.0. The number of fused-ring (bicyclic) bond motifs is 2. The van der Waals surface area contributed by atoms with Gasteiger partial charge >= 0.3 is 11.5 Å². The maximum Gasteiger partial charge on any atom is 0.501 e. The number of nitrogens with one attached hydrogen (secondary N) is 2. The minimum Gasteiger partial charge on any atom is -0.496 e. The summed E-state index contributed by atoms with van der Waals surface area (Å²) in [5.41, 5.74) is -4.50. The topological polar surface area (TPSA) is 142 Å². The molecule has 260 valence electrons. The molecule has 0 aliphatic heterocycles. The van der Waals surface area contributed by atoms with Gasteiger partial charge in [-0.05, 0) is 74.2 Å². The molecule has 3 aromatic carbocycles. The van der Waals surface area contributed by atoms with E-state index in [-0.39, 0.29) is 40.8 Å². The zero-order valence-corrected chi connectivity index (χ0v) is 27.3. The summed E-state index contributed by atoms with van der Waals surface area (Å²) in [6, 6.07) is 11.3. The van der Waals surface area contributed by atoms with Gasteiger partial charge in [-0.3, -0.25) is 19.3 Å². The highest BCUT2D eigenvalue weighted by Crippen LogP contribution is 2.45. The molecule has 1 saturated carbocycles. The SMILES string of the molecule is COc1cc(F)c(-c2ccc(C[C@H](C(=O)O)N(C)C)cc2)cc1C(=O)N[C@H]1[C@@H](C(=O)Nc2cccc(S(=O)(=O)C(F)(F)F)c2)[C@@H]2C=C[C@H]1C2. The zero-order chi connectivity index (χ0) is 35.8. The molecule has 1 fully saturated rings. The van der Waals surface area contributed by atoms with Gasteiger partial charge in [-0.2, -0.15) is 13.2 Å². The quantitative estimate of drug-likeness (QED) is 0.189. The second-order valence-electron chi connectivity index (χ2n) is 12.2. The van der Waals surface area contributed by atoms with Crippen LogP contribution in [0, 0.1) is 23.6 Å². The van der Waals surface area contributed by atoms with E-state index in [1.807, 2.05) is 12.2 Å². The third kappa shape index (κ3) is 7.17. The van der Waals surface area contributed by atoms with Crippen molar-refractivity contribution in [2.45, 2.75) is 35.3 Å². The number of carbonyl (C=O) groups excluding carboxylic acids is 2. The van der Waals surface area contributed by atoms with Crippen LogP contribution >= 0.6 is 0 Å². The van der Waals surface area contributed by atoms with Crippen LogP contribution < -0.4 is 15.4 Å². The molecule has 0 unspecified atom stereocenters. The largest absolute Gasteiger partial charge is 0.501 e. The van der Waals surface area contributed by atoms with E-state index >= 15 is 4.39 Å². The highest BCUT2D eigenvalue weighted by Gasteiger charge is 2.49.